The Bertz CT molecular complexity index is 3880. The minimum absolute atomic E-state index is 0.000692. The van der Waals surface area contributed by atoms with Gasteiger partial charge in [-0.1, -0.05) is 309 Å². The van der Waals surface area contributed by atoms with Crippen LogP contribution >= 0.6 is 11.1 Å². The molecule has 10 aromatic rings. The van der Waals surface area contributed by atoms with Crippen LogP contribution in [-0.2, 0) is 25.1 Å². The number of aliphatic hydroxyl groups is 1. The van der Waals surface area contributed by atoms with Crippen molar-refractivity contribution in [1.29, 1.82) is 0 Å². The average Bonchev–Trinajstić information content (AvgIpc) is 0.786. The number of methoxy groups -OCH3 is 4. The fraction of sp³-hybridized carbons (Fsp3) is 0.319. The van der Waals surface area contributed by atoms with Crippen molar-refractivity contribution in [2.75, 3.05) is 54.9 Å². The topological polar surface area (TPSA) is 84.8 Å². The summed E-state index contributed by atoms with van der Waals surface area (Å²) in [6, 6.07) is 96.6. The van der Waals surface area contributed by atoms with E-state index in [4.69, 9.17) is 49.0 Å². The molecule has 8 nitrogen and oxygen atoms in total. The van der Waals surface area contributed by atoms with E-state index < -0.39 is 26.9 Å². The van der Waals surface area contributed by atoms with Crippen LogP contribution in [0.25, 0.3) is 0 Å². The smallest absolute Gasteiger partial charge is 0.261 e. The van der Waals surface area contributed by atoms with Gasteiger partial charge in [-0.25, -0.2) is 0 Å². The van der Waals surface area contributed by atoms with E-state index in [1.54, 1.807) is 28.4 Å². The molecule has 11 heteroatoms. The van der Waals surface area contributed by atoms with Crippen LogP contribution in [0, 0.1) is 0 Å². The fourth-order valence-corrected chi connectivity index (χ4v) is 22.6. The molecule has 0 atom stereocenters. The predicted molar refractivity (Wildman–Crippen MR) is 444 cm³/mol. The van der Waals surface area contributed by atoms with Crippen LogP contribution in [0.3, 0.4) is 0 Å². The fourth-order valence-electron chi connectivity index (χ4n) is 13.9. The third-order valence-electron chi connectivity index (χ3n) is 19.5. The second-order valence-electron chi connectivity index (χ2n) is 28.5. The van der Waals surface area contributed by atoms with Gasteiger partial charge in [-0.3, -0.25) is 0 Å². The molecule has 0 fully saturated rings. The summed E-state index contributed by atoms with van der Waals surface area (Å²) in [6.45, 7) is 16.0. The number of halogens is 1. The lowest BCUT2D eigenvalue weighted by molar-refractivity contribution is 0.0105. The van der Waals surface area contributed by atoms with Crippen molar-refractivity contribution in [3.63, 3.8) is 0 Å². The van der Waals surface area contributed by atoms with Crippen molar-refractivity contribution in [2.24, 2.45) is 0 Å². The van der Waals surface area contributed by atoms with Gasteiger partial charge in [0.1, 0.15) is 34.2 Å². The monoisotopic (exact) mass is 1460 g/mol. The minimum Gasteiger partial charge on any atom is -0.497 e. The zero-order valence-corrected chi connectivity index (χ0v) is 66.6. The van der Waals surface area contributed by atoms with Crippen molar-refractivity contribution in [1.82, 2.24) is 0 Å². The van der Waals surface area contributed by atoms with Crippen molar-refractivity contribution in [3.8, 4) is 23.0 Å². The Kier molecular flexibility index (Phi) is 32.8. The third kappa shape index (κ3) is 21.8. The minimum atomic E-state index is -2.48. The number of unbranched alkanes of at least 4 members (excludes halogenated alkanes) is 8. The molecular weight excluding hydrogens is 1350 g/mol. The molecule has 0 saturated carbocycles. The third-order valence-corrected chi connectivity index (χ3v) is 31.9. The highest BCUT2D eigenvalue weighted by atomic mass is 35.6. The second kappa shape index (κ2) is 42.0. The molecule has 1 N–H and O–H groups in total. The quantitative estimate of drug-likeness (QED) is 0.0137. The lowest BCUT2D eigenvalue weighted by Crippen LogP contribution is -2.66. The number of rotatable bonds is 36. The van der Waals surface area contributed by atoms with Crippen LogP contribution in [0.2, 0.25) is 10.1 Å². The molecule has 0 aliphatic rings. The summed E-state index contributed by atoms with van der Waals surface area (Å²) in [5.74, 6) is 3.27. The van der Waals surface area contributed by atoms with Crippen molar-refractivity contribution >= 4 is 47.5 Å². The van der Waals surface area contributed by atoms with Gasteiger partial charge >= 0.3 is 0 Å². The van der Waals surface area contributed by atoms with Crippen molar-refractivity contribution in [2.45, 2.75) is 140 Å². The number of hydrogen-bond acceptors (Lipinski definition) is 8. The maximum absolute atomic E-state index is 8.87. The van der Waals surface area contributed by atoms with Gasteiger partial charge in [0, 0.05) is 26.4 Å². The van der Waals surface area contributed by atoms with E-state index in [0.717, 1.165) is 140 Å². The number of aliphatic hydroxyl groups excluding tert-OH is 1. The molecule has 0 aliphatic heterocycles. The van der Waals surface area contributed by atoms with Gasteiger partial charge in [-0.2, -0.15) is 11.1 Å². The molecule has 552 valence electrons. The molecule has 0 spiro atoms. The molecule has 0 unspecified atom stereocenters. The molecule has 0 saturated heterocycles. The molecule has 0 heterocycles. The van der Waals surface area contributed by atoms with Crippen LogP contribution < -0.4 is 39.7 Å². The first-order chi connectivity index (χ1) is 51.0. The summed E-state index contributed by atoms with van der Waals surface area (Å²) >= 11 is 7.21. The zero-order valence-electron chi connectivity index (χ0n) is 63.9. The summed E-state index contributed by atoms with van der Waals surface area (Å²) in [5, 5.41) is 14.2. The van der Waals surface area contributed by atoms with Crippen LogP contribution in [0.4, 0.5) is 0 Å². The summed E-state index contributed by atoms with van der Waals surface area (Å²) in [4.78, 5) is 0. The lowest BCUT2D eigenvalue weighted by Gasteiger charge is -2.43. The zero-order chi connectivity index (χ0) is 74.7. The van der Waals surface area contributed by atoms with Gasteiger partial charge < -0.3 is 38.0 Å². The Balaban J connectivity index is 0.000000224. The molecule has 0 radical (unpaired) electrons. The molecule has 0 bridgehead atoms. The number of benzene rings is 10. The maximum Gasteiger partial charge on any atom is 0.261 e. The highest BCUT2D eigenvalue weighted by molar-refractivity contribution is 7.35. The van der Waals surface area contributed by atoms with Crippen LogP contribution in [-0.4, -0.2) is 75.7 Å². The molecule has 0 aromatic heterocycles. The number of allylic oxidation sites excluding steroid dienone is 4. The summed E-state index contributed by atoms with van der Waals surface area (Å²) in [7, 11) is 2.04. The first-order valence-electron chi connectivity index (χ1n) is 37.5. The largest absolute Gasteiger partial charge is 0.497 e. The molecule has 105 heavy (non-hydrogen) atoms. The number of ether oxygens (including phenoxy) is 6. The predicted octanol–water partition coefficient (Wildman–Crippen LogP) is 21.2. The van der Waals surface area contributed by atoms with E-state index in [1.807, 2.05) is 72.8 Å². The highest BCUT2D eigenvalue weighted by Crippen LogP contribution is 2.45. The SMILES string of the molecule is CC(C)(C)[Si](Cl)(c1ccccc1)c1ccccc1.COc1ccc(C(OCCCCC/C=C/CCCO)(c2ccccc2)c2ccc(OC)cc2)cc1.COc1ccc(C(OCCCCC/C=C/CCCO[Si](c2ccccc2)(c2ccccc2)C(C)(C)C)(c2ccccc2)c2ccc(OC)cc2)cc1. The summed E-state index contributed by atoms with van der Waals surface area (Å²) < 4.78 is 42.7. The van der Waals surface area contributed by atoms with Crippen LogP contribution in [0.15, 0.2) is 303 Å². The summed E-state index contributed by atoms with van der Waals surface area (Å²) in [5.41, 5.74) is 4.90. The Hall–Kier alpha value is -8.56. The molecule has 10 rings (SSSR count). The molecular formula is C94H113ClO8Si2. The van der Waals surface area contributed by atoms with Gasteiger partial charge in [0.15, 0.2) is 0 Å². The maximum atomic E-state index is 8.87. The standard InChI is InChI=1S/C47H56O4Si.C31H38O4.C16H19ClSi/c1-46(2,3)52(44-25-17-13-18-26-44,45-27-19-14-20-28-45)51-38-22-11-9-7-6-8-10-21-37-50-47(39-23-15-12-16-24-39,40-29-33-42(48-4)34-30-40)41-31-35-43(49-5)36-32-41;1-33-29-20-16-27(17-21-29)31(26-14-10-9-11-15-26,28-18-22-30(34-2)23-19-28)35-25-13-8-6-4-3-5-7-12-24-32;1-16(2,3)18(17,14-10-6-4-7-11-14)15-12-8-5-9-13-15/h7,9,12-20,23-36H,6,8,10-11,21-22,37-38H2,1-5H3;3,5,9-11,14-23,32H,4,6-8,12-13,24-25H2,1-2H3;4-13H,1-3H3/b9-7+;5-3+;. The Morgan fingerprint density at radius 1 is 0.295 bits per heavy atom. The Morgan fingerprint density at radius 2 is 0.562 bits per heavy atom. The Morgan fingerprint density at radius 3 is 0.838 bits per heavy atom. The first kappa shape index (κ1) is 82.1. The van der Waals surface area contributed by atoms with Crippen molar-refractivity contribution in [3.05, 3.63) is 337 Å². The Labute approximate surface area is 635 Å². The van der Waals surface area contributed by atoms with E-state index in [-0.39, 0.29) is 16.7 Å². The van der Waals surface area contributed by atoms with Gasteiger partial charge in [0.2, 0.25) is 7.38 Å². The highest BCUT2D eigenvalue weighted by Gasteiger charge is 2.50. The van der Waals surface area contributed by atoms with E-state index in [1.165, 1.54) is 20.7 Å². The van der Waals surface area contributed by atoms with Crippen LogP contribution in [0.5, 0.6) is 23.0 Å². The summed E-state index contributed by atoms with van der Waals surface area (Å²) in [6.07, 6.45) is 21.4. The molecule has 10 aromatic carbocycles. The van der Waals surface area contributed by atoms with E-state index in [9.17, 15) is 0 Å². The second-order valence-corrected chi connectivity index (χ2v) is 38.5. The van der Waals surface area contributed by atoms with Crippen molar-refractivity contribution < 1.29 is 38.0 Å². The van der Waals surface area contributed by atoms with E-state index in [0.29, 0.717) is 13.2 Å². The van der Waals surface area contributed by atoms with E-state index >= 15 is 0 Å². The lowest BCUT2D eigenvalue weighted by atomic mass is 9.80. The normalized spacial score (nSPS) is 12.1. The van der Waals surface area contributed by atoms with E-state index in [2.05, 4.69) is 272 Å². The number of hydrogen-bond donors (Lipinski definition) is 1. The average molecular weight is 1460 g/mol. The van der Waals surface area contributed by atoms with Gasteiger partial charge in [-0.05, 0) is 177 Å². The van der Waals surface area contributed by atoms with Crippen LogP contribution in [0.1, 0.15) is 152 Å². The van der Waals surface area contributed by atoms with Gasteiger partial charge in [0.25, 0.3) is 8.32 Å². The first-order valence-corrected chi connectivity index (χ1v) is 42.4. The van der Waals surface area contributed by atoms with Gasteiger partial charge in [0.05, 0.1) is 28.4 Å². The molecule has 0 amide bonds. The van der Waals surface area contributed by atoms with Gasteiger partial charge in [-0.15, -0.1) is 0 Å². The molecule has 0 aliphatic carbocycles.